The molecule has 6 heteroatoms. The van der Waals surface area contributed by atoms with Crippen molar-refractivity contribution >= 4 is 39.9 Å². The molecule has 0 bridgehead atoms. The number of halogens is 1. The number of unbranched alkanes of at least 4 members (excludes halogenated alkanes) is 1. The first-order chi connectivity index (χ1) is 9.63. The number of amides is 1. The molecular weight excluding hydrogens is 369 g/mol. The van der Waals surface area contributed by atoms with Gasteiger partial charge in [0.15, 0.2) is 0 Å². The summed E-state index contributed by atoms with van der Waals surface area (Å²) < 4.78 is 6.69. The summed E-state index contributed by atoms with van der Waals surface area (Å²) in [6, 6.07) is 0. The highest BCUT2D eigenvalue weighted by Gasteiger charge is 2.23. The van der Waals surface area contributed by atoms with E-state index in [0.717, 1.165) is 36.3 Å². The van der Waals surface area contributed by atoms with Gasteiger partial charge in [-0.15, -0.1) is 0 Å². The summed E-state index contributed by atoms with van der Waals surface area (Å²) in [6.45, 7) is 3.15. The van der Waals surface area contributed by atoms with Gasteiger partial charge in [0.1, 0.15) is 0 Å². The summed E-state index contributed by atoms with van der Waals surface area (Å²) >= 11 is 2.40. The van der Waals surface area contributed by atoms with E-state index in [-0.39, 0.29) is 5.91 Å². The Morgan fingerprint density at radius 2 is 2.35 bits per heavy atom. The van der Waals surface area contributed by atoms with Crippen LogP contribution in [0, 0.1) is 0 Å². The number of carbonyl (C=O) groups excluding carboxylic acids is 1. The van der Waals surface area contributed by atoms with Gasteiger partial charge in [-0.05, 0) is 17.3 Å². The fraction of sp³-hybridized carbons (Fsp3) is 0.571. The molecule has 0 saturated carbocycles. The van der Waals surface area contributed by atoms with E-state index in [1.54, 1.807) is 6.20 Å². The Labute approximate surface area is 133 Å². The smallest absolute Gasteiger partial charge is 0.221 e. The summed E-state index contributed by atoms with van der Waals surface area (Å²) in [5.74, 6) is 0.627. The van der Waals surface area contributed by atoms with Crippen molar-refractivity contribution in [1.82, 2.24) is 4.98 Å². The third-order valence-corrected chi connectivity index (χ3v) is 4.03. The maximum Gasteiger partial charge on any atom is 0.221 e. The lowest BCUT2D eigenvalue weighted by molar-refractivity contribution is -0.114. The predicted molar refractivity (Wildman–Crippen MR) is 89.1 cm³/mol. The van der Waals surface area contributed by atoms with Gasteiger partial charge in [-0.1, -0.05) is 22.6 Å². The van der Waals surface area contributed by atoms with Crippen LogP contribution in [0.4, 0.5) is 11.4 Å². The predicted octanol–water partition coefficient (Wildman–Crippen LogP) is 2.63. The molecule has 1 aliphatic heterocycles. The molecule has 1 aliphatic rings. The molecule has 0 atom stereocenters. The highest BCUT2D eigenvalue weighted by atomic mass is 127. The molecule has 0 aromatic carbocycles. The number of nitrogens with zero attached hydrogens (tertiary/aromatic N) is 2. The highest BCUT2D eigenvalue weighted by Crippen LogP contribution is 2.37. The van der Waals surface area contributed by atoms with Crippen molar-refractivity contribution in [1.29, 1.82) is 0 Å². The minimum Gasteiger partial charge on any atom is -0.477 e. The normalized spacial score (nSPS) is 12.8. The first-order valence-corrected chi connectivity index (χ1v) is 8.35. The first-order valence-electron chi connectivity index (χ1n) is 6.83. The molecule has 110 valence electrons. The van der Waals surface area contributed by atoms with Crippen LogP contribution in [0.2, 0.25) is 0 Å². The Morgan fingerprint density at radius 3 is 3.05 bits per heavy atom. The topological polar surface area (TPSA) is 54.5 Å². The molecule has 1 aromatic heterocycles. The maximum absolute atomic E-state index is 11.4. The average Bonchev–Trinajstić information content (AvgIpc) is 2.86. The summed E-state index contributed by atoms with van der Waals surface area (Å²) in [6.07, 6.45) is 4.87. The number of fused-ring (bicyclic) bond motifs is 1. The van der Waals surface area contributed by atoms with Crippen LogP contribution in [0.1, 0.15) is 25.3 Å². The molecule has 1 amide bonds. The molecule has 1 N–H and O–H groups in total. The Balaban J connectivity index is 2.27. The van der Waals surface area contributed by atoms with Crippen LogP contribution in [0.25, 0.3) is 0 Å². The highest BCUT2D eigenvalue weighted by molar-refractivity contribution is 14.1. The fourth-order valence-electron chi connectivity index (χ4n) is 2.40. The second kappa shape index (κ2) is 7.10. The number of ether oxygens (including phenoxy) is 1. The van der Waals surface area contributed by atoms with Gasteiger partial charge in [0, 0.05) is 32.5 Å². The number of carbonyl (C=O) groups is 1. The lowest BCUT2D eigenvalue weighted by atomic mass is 10.1. The van der Waals surface area contributed by atoms with Crippen molar-refractivity contribution in [3.05, 3.63) is 11.8 Å². The fourth-order valence-corrected chi connectivity index (χ4v) is 2.94. The first kappa shape index (κ1) is 15.3. The number of alkyl halides is 1. The Bertz CT molecular complexity index is 494. The SMILES string of the molecule is CC(=O)Nc1cnc2c(c1N(C)CCCCI)CCO2. The van der Waals surface area contributed by atoms with Gasteiger partial charge in [-0.2, -0.15) is 0 Å². The molecule has 0 unspecified atom stereocenters. The van der Waals surface area contributed by atoms with Crippen molar-refractivity contribution in [3.8, 4) is 5.88 Å². The van der Waals surface area contributed by atoms with Crippen molar-refractivity contribution in [3.63, 3.8) is 0 Å². The van der Waals surface area contributed by atoms with Crippen LogP contribution in [-0.2, 0) is 11.2 Å². The standard InChI is InChI=1S/C14H20IN3O2/c1-10(19)17-12-9-16-14-11(5-8-20-14)13(12)18(2)7-4-3-6-15/h9H,3-8H2,1-2H3,(H,17,19). The number of hydrogen-bond donors (Lipinski definition) is 1. The van der Waals surface area contributed by atoms with E-state index >= 15 is 0 Å². The lowest BCUT2D eigenvalue weighted by Gasteiger charge is -2.24. The number of hydrogen-bond acceptors (Lipinski definition) is 4. The van der Waals surface area contributed by atoms with Gasteiger partial charge >= 0.3 is 0 Å². The molecule has 2 heterocycles. The van der Waals surface area contributed by atoms with Crippen molar-refractivity contribution in [2.75, 3.05) is 34.8 Å². The van der Waals surface area contributed by atoms with Gasteiger partial charge in [-0.25, -0.2) is 4.98 Å². The molecule has 0 radical (unpaired) electrons. The van der Waals surface area contributed by atoms with Gasteiger partial charge in [0.2, 0.25) is 11.8 Å². The zero-order valence-corrected chi connectivity index (χ0v) is 14.1. The van der Waals surface area contributed by atoms with E-state index in [0.29, 0.717) is 12.5 Å². The molecule has 2 rings (SSSR count). The Kier molecular flexibility index (Phi) is 5.45. The van der Waals surface area contributed by atoms with E-state index < -0.39 is 0 Å². The van der Waals surface area contributed by atoms with Crippen LogP contribution < -0.4 is 15.0 Å². The molecule has 0 spiro atoms. The van der Waals surface area contributed by atoms with Crippen LogP contribution in [0.15, 0.2) is 6.20 Å². The van der Waals surface area contributed by atoms with E-state index in [1.165, 1.54) is 17.8 Å². The second-order valence-electron chi connectivity index (χ2n) is 4.90. The third kappa shape index (κ3) is 3.53. The summed E-state index contributed by atoms with van der Waals surface area (Å²) in [5, 5.41) is 2.87. The van der Waals surface area contributed by atoms with Crippen LogP contribution in [-0.4, -0.2) is 35.5 Å². The lowest BCUT2D eigenvalue weighted by Crippen LogP contribution is -2.22. The van der Waals surface area contributed by atoms with Crippen LogP contribution in [0.3, 0.4) is 0 Å². The van der Waals surface area contributed by atoms with Crippen molar-refractivity contribution in [2.45, 2.75) is 26.2 Å². The maximum atomic E-state index is 11.4. The number of aromatic nitrogens is 1. The van der Waals surface area contributed by atoms with E-state index in [4.69, 9.17) is 4.74 Å². The van der Waals surface area contributed by atoms with E-state index in [2.05, 4.69) is 44.8 Å². The van der Waals surface area contributed by atoms with Crippen molar-refractivity contribution < 1.29 is 9.53 Å². The Hall–Kier alpha value is -1.05. The summed E-state index contributed by atoms with van der Waals surface area (Å²) in [4.78, 5) is 17.8. The molecule has 0 aliphatic carbocycles. The van der Waals surface area contributed by atoms with Crippen molar-refractivity contribution in [2.24, 2.45) is 0 Å². The minimum absolute atomic E-state index is 0.0763. The van der Waals surface area contributed by atoms with E-state index in [1.807, 2.05) is 0 Å². The van der Waals surface area contributed by atoms with Gasteiger partial charge in [0.25, 0.3) is 0 Å². The monoisotopic (exact) mass is 389 g/mol. The zero-order valence-electron chi connectivity index (χ0n) is 11.9. The van der Waals surface area contributed by atoms with Gasteiger partial charge in [0.05, 0.1) is 24.2 Å². The summed E-state index contributed by atoms with van der Waals surface area (Å²) in [7, 11) is 2.06. The zero-order chi connectivity index (χ0) is 14.5. The molecule has 0 saturated heterocycles. The largest absolute Gasteiger partial charge is 0.477 e. The minimum atomic E-state index is -0.0763. The van der Waals surface area contributed by atoms with Gasteiger partial charge in [-0.3, -0.25) is 4.79 Å². The third-order valence-electron chi connectivity index (χ3n) is 3.27. The molecule has 20 heavy (non-hydrogen) atoms. The van der Waals surface area contributed by atoms with Gasteiger partial charge < -0.3 is 15.0 Å². The number of rotatable bonds is 6. The molecule has 1 aromatic rings. The van der Waals surface area contributed by atoms with Crippen LogP contribution in [0.5, 0.6) is 5.88 Å². The second-order valence-corrected chi connectivity index (χ2v) is 5.98. The average molecular weight is 389 g/mol. The summed E-state index contributed by atoms with van der Waals surface area (Å²) in [5.41, 5.74) is 2.93. The number of nitrogens with one attached hydrogen (secondary N) is 1. The van der Waals surface area contributed by atoms with Crippen LogP contribution >= 0.6 is 22.6 Å². The Morgan fingerprint density at radius 1 is 1.55 bits per heavy atom. The molecule has 5 nitrogen and oxygen atoms in total. The molecule has 0 fully saturated rings. The quantitative estimate of drug-likeness (QED) is 0.462. The molecular formula is C14H20IN3O2. The van der Waals surface area contributed by atoms with E-state index in [9.17, 15) is 4.79 Å². The number of pyridine rings is 1. The number of anilines is 2.